The summed E-state index contributed by atoms with van der Waals surface area (Å²) in [5.41, 5.74) is 4.03. The Kier molecular flexibility index (Phi) is 8.69. The minimum absolute atomic E-state index is 0.0677. The van der Waals surface area contributed by atoms with Crippen molar-refractivity contribution in [1.29, 1.82) is 0 Å². The van der Waals surface area contributed by atoms with Crippen LogP contribution in [0.2, 0.25) is 0 Å². The van der Waals surface area contributed by atoms with Crippen molar-refractivity contribution < 1.29 is 29.2 Å². The lowest BCUT2D eigenvalue weighted by atomic mass is 10.1. The summed E-state index contributed by atoms with van der Waals surface area (Å²) >= 11 is 0. The number of aryl methyl sites for hydroxylation is 3. The fourth-order valence-corrected chi connectivity index (χ4v) is 3.31. The average Bonchev–Trinajstić information content (AvgIpc) is 2.65. The lowest BCUT2D eigenvalue weighted by molar-refractivity contribution is -0.153. The highest BCUT2D eigenvalue weighted by molar-refractivity contribution is 5.72. The van der Waals surface area contributed by atoms with Gasteiger partial charge in [-0.1, -0.05) is 29.8 Å². The molecule has 0 saturated carbocycles. The lowest BCUT2D eigenvalue weighted by Crippen LogP contribution is -2.29. The van der Waals surface area contributed by atoms with E-state index in [1.165, 1.54) is 5.56 Å². The molecule has 0 aliphatic heterocycles. The van der Waals surface area contributed by atoms with E-state index in [1.807, 2.05) is 39.0 Å². The normalized spacial score (nSPS) is 13.2. The summed E-state index contributed by atoms with van der Waals surface area (Å²) in [6, 6.07) is 11.2. The fourth-order valence-electron chi connectivity index (χ4n) is 3.31. The van der Waals surface area contributed by atoms with Crippen LogP contribution in [0.15, 0.2) is 36.4 Å². The molecule has 164 valence electrons. The van der Waals surface area contributed by atoms with Gasteiger partial charge in [-0.3, -0.25) is 0 Å². The molecule has 0 heterocycles. The summed E-state index contributed by atoms with van der Waals surface area (Å²) in [4.78, 5) is 11.4. The van der Waals surface area contributed by atoms with Crippen LogP contribution in [-0.2, 0) is 16.0 Å². The predicted molar refractivity (Wildman–Crippen MR) is 115 cm³/mol. The Balaban J connectivity index is 1.90. The number of aliphatic hydroxyl groups excluding tert-OH is 1. The summed E-state index contributed by atoms with van der Waals surface area (Å²) in [5.74, 6) is 0.346. The Hall–Kier alpha value is -2.57. The maximum atomic E-state index is 11.4. The Morgan fingerprint density at radius 1 is 1.00 bits per heavy atom. The Labute approximate surface area is 178 Å². The zero-order chi connectivity index (χ0) is 22.3. The Bertz CT molecular complexity index is 822. The molecule has 0 aromatic heterocycles. The van der Waals surface area contributed by atoms with Gasteiger partial charge in [-0.05, 0) is 63.4 Å². The molecule has 0 aliphatic carbocycles. The van der Waals surface area contributed by atoms with E-state index in [4.69, 9.17) is 14.2 Å². The quantitative estimate of drug-likeness (QED) is 0.579. The summed E-state index contributed by atoms with van der Waals surface area (Å²) in [5, 5.41) is 19.6. The summed E-state index contributed by atoms with van der Waals surface area (Å²) in [7, 11) is 0. The van der Waals surface area contributed by atoms with Crippen molar-refractivity contribution >= 4 is 5.97 Å². The van der Waals surface area contributed by atoms with E-state index in [0.29, 0.717) is 5.75 Å². The van der Waals surface area contributed by atoms with Crippen molar-refractivity contribution in [3.8, 4) is 11.5 Å². The first-order chi connectivity index (χ1) is 14.2. The molecule has 2 N–H and O–H groups in total. The van der Waals surface area contributed by atoms with Crippen LogP contribution >= 0.6 is 0 Å². The smallest absolute Gasteiger partial charge is 0.333 e. The predicted octanol–water partition coefficient (Wildman–Crippen LogP) is 3.85. The van der Waals surface area contributed by atoms with Crippen LogP contribution in [0.4, 0.5) is 0 Å². The first-order valence-corrected chi connectivity index (χ1v) is 10.1. The van der Waals surface area contributed by atoms with E-state index in [9.17, 15) is 15.0 Å². The van der Waals surface area contributed by atoms with Gasteiger partial charge in [0.15, 0.2) is 6.10 Å². The lowest BCUT2D eigenvalue weighted by Gasteiger charge is -2.18. The largest absolute Gasteiger partial charge is 0.491 e. The molecule has 1 unspecified atom stereocenters. The number of carboxylic acid groups (broad SMARTS) is 1. The van der Waals surface area contributed by atoms with Gasteiger partial charge in [0.2, 0.25) is 0 Å². The Morgan fingerprint density at radius 3 is 2.23 bits per heavy atom. The van der Waals surface area contributed by atoms with Crippen LogP contribution in [-0.4, -0.2) is 47.7 Å². The van der Waals surface area contributed by atoms with Gasteiger partial charge in [0.25, 0.3) is 0 Å². The van der Waals surface area contributed by atoms with E-state index >= 15 is 0 Å². The van der Waals surface area contributed by atoms with Gasteiger partial charge in [-0.25, -0.2) is 4.79 Å². The highest BCUT2D eigenvalue weighted by atomic mass is 16.5. The standard InChI is InChI=1S/C24H32O6/c1-15(2)30-22(24(26)27)12-19-7-6-8-21(11-19)28-13-20(25)14-29-23-17(4)9-16(3)10-18(23)5/h6-11,15,20,22,25H,12-14H2,1-5H3,(H,26,27)/t20-,22?/m0/s1. The van der Waals surface area contributed by atoms with Crippen LogP contribution < -0.4 is 9.47 Å². The molecule has 2 rings (SSSR count). The van der Waals surface area contributed by atoms with Crippen molar-refractivity contribution in [2.75, 3.05) is 13.2 Å². The molecule has 0 saturated heterocycles. The first-order valence-electron chi connectivity index (χ1n) is 10.1. The third-order valence-corrected chi connectivity index (χ3v) is 4.50. The van der Waals surface area contributed by atoms with Crippen LogP contribution in [0.3, 0.4) is 0 Å². The molecule has 2 aromatic rings. The van der Waals surface area contributed by atoms with Crippen LogP contribution in [0.1, 0.15) is 36.1 Å². The van der Waals surface area contributed by atoms with E-state index < -0.39 is 18.2 Å². The highest BCUT2D eigenvalue weighted by Gasteiger charge is 2.20. The average molecular weight is 417 g/mol. The molecule has 0 spiro atoms. The SMILES string of the molecule is Cc1cc(C)c(OC[C@@H](O)COc2cccc(CC(OC(C)C)C(=O)O)c2)c(C)c1. The summed E-state index contributed by atoms with van der Waals surface area (Å²) < 4.78 is 16.9. The number of hydrogen-bond donors (Lipinski definition) is 2. The molecule has 0 radical (unpaired) electrons. The molecule has 2 aromatic carbocycles. The second-order valence-electron chi connectivity index (χ2n) is 7.87. The number of carbonyl (C=O) groups is 1. The van der Waals surface area contributed by atoms with Gasteiger partial charge in [-0.15, -0.1) is 0 Å². The van der Waals surface area contributed by atoms with Gasteiger partial charge in [0, 0.05) is 6.42 Å². The number of rotatable bonds is 11. The summed E-state index contributed by atoms with van der Waals surface area (Å²) in [6.07, 6.45) is -1.66. The van der Waals surface area contributed by atoms with Gasteiger partial charge in [-0.2, -0.15) is 0 Å². The molecule has 6 nitrogen and oxygen atoms in total. The molecule has 0 bridgehead atoms. The number of carboxylic acids is 1. The van der Waals surface area contributed by atoms with E-state index in [2.05, 4.69) is 0 Å². The molecular weight excluding hydrogens is 384 g/mol. The van der Waals surface area contributed by atoms with Gasteiger partial charge in [0.05, 0.1) is 6.10 Å². The molecule has 0 aliphatic rings. The monoisotopic (exact) mass is 416 g/mol. The van der Waals surface area contributed by atoms with Crippen molar-refractivity contribution in [3.05, 3.63) is 58.7 Å². The van der Waals surface area contributed by atoms with Crippen molar-refractivity contribution in [2.24, 2.45) is 0 Å². The van der Waals surface area contributed by atoms with E-state index in [0.717, 1.165) is 22.4 Å². The van der Waals surface area contributed by atoms with Gasteiger partial charge in [0.1, 0.15) is 30.8 Å². The molecule has 6 heteroatoms. The zero-order valence-corrected chi connectivity index (χ0v) is 18.3. The molecule has 0 amide bonds. The maximum absolute atomic E-state index is 11.4. The second kappa shape index (κ2) is 11.0. The molecule has 0 fully saturated rings. The Morgan fingerprint density at radius 2 is 1.63 bits per heavy atom. The van der Waals surface area contributed by atoms with Gasteiger partial charge < -0.3 is 24.4 Å². The first kappa shape index (κ1) is 23.7. The summed E-state index contributed by atoms with van der Waals surface area (Å²) in [6.45, 7) is 9.80. The fraction of sp³-hybridized carbons (Fsp3) is 0.458. The minimum atomic E-state index is -0.996. The van der Waals surface area contributed by atoms with Crippen molar-refractivity contribution in [1.82, 2.24) is 0 Å². The molecule has 30 heavy (non-hydrogen) atoms. The third kappa shape index (κ3) is 7.35. The van der Waals surface area contributed by atoms with Gasteiger partial charge >= 0.3 is 5.97 Å². The topological polar surface area (TPSA) is 85.2 Å². The van der Waals surface area contributed by atoms with E-state index in [-0.39, 0.29) is 25.7 Å². The second-order valence-corrected chi connectivity index (χ2v) is 7.87. The number of benzene rings is 2. The zero-order valence-electron chi connectivity index (χ0n) is 18.3. The molecular formula is C24H32O6. The van der Waals surface area contributed by atoms with Crippen LogP contribution in [0.5, 0.6) is 11.5 Å². The maximum Gasteiger partial charge on any atom is 0.333 e. The minimum Gasteiger partial charge on any atom is -0.491 e. The van der Waals surface area contributed by atoms with E-state index in [1.54, 1.807) is 32.0 Å². The third-order valence-electron chi connectivity index (χ3n) is 4.50. The number of hydrogen-bond acceptors (Lipinski definition) is 5. The highest BCUT2D eigenvalue weighted by Crippen LogP contribution is 2.24. The number of aliphatic carboxylic acids is 1. The van der Waals surface area contributed by atoms with Crippen LogP contribution in [0.25, 0.3) is 0 Å². The number of aliphatic hydroxyl groups is 1. The molecule has 2 atom stereocenters. The van der Waals surface area contributed by atoms with Crippen molar-refractivity contribution in [3.63, 3.8) is 0 Å². The van der Waals surface area contributed by atoms with Crippen molar-refractivity contribution in [2.45, 2.75) is 59.4 Å². The van der Waals surface area contributed by atoms with Crippen LogP contribution in [0, 0.1) is 20.8 Å². The number of ether oxygens (including phenoxy) is 3.